The lowest BCUT2D eigenvalue weighted by atomic mass is 10.4. The predicted molar refractivity (Wildman–Crippen MR) is 52.7 cm³/mol. The highest BCUT2D eigenvalue weighted by Crippen LogP contribution is 1.93. The zero-order valence-corrected chi connectivity index (χ0v) is 8.67. The third-order valence-corrected chi connectivity index (χ3v) is 2.23. The van der Waals surface area contributed by atoms with Crippen LogP contribution in [0.2, 0.25) is 0 Å². The lowest BCUT2D eigenvalue weighted by molar-refractivity contribution is 0.203. The third kappa shape index (κ3) is 5.44. The molecule has 0 aromatic carbocycles. The lowest BCUT2D eigenvalue weighted by Gasteiger charge is -2.17. The quantitative estimate of drug-likeness (QED) is 0.569. The van der Waals surface area contributed by atoms with Crippen LogP contribution in [-0.4, -0.2) is 40.7 Å². The molecule has 0 aliphatic rings. The minimum Gasteiger partial charge on any atom is -0.395 e. The maximum Gasteiger partial charge on any atom is 0.0558 e. The van der Waals surface area contributed by atoms with E-state index in [2.05, 4.69) is 34.4 Å². The second-order valence-corrected chi connectivity index (χ2v) is 3.28. The Bertz CT molecular complexity index is 70.6. The van der Waals surface area contributed by atoms with Crippen LogP contribution in [-0.2, 0) is 0 Å². The molecular formula is C7H16INO. The summed E-state index contributed by atoms with van der Waals surface area (Å²) in [7, 11) is 0. The normalized spacial score (nSPS) is 10.8. The molecule has 0 heterocycles. The van der Waals surface area contributed by atoms with Crippen molar-refractivity contribution in [2.45, 2.75) is 13.3 Å². The van der Waals surface area contributed by atoms with Gasteiger partial charge in [-0.3, -0.25) is 0 Å². The van der Waals surface area contributed by atoms with Crippen LogP contribution in [0.4, 0.5) is 0 Å². The molecule has 0 amide bonds. The van der Waals surface area contributed by atoms with E-state index in [1.165, 1.54) is 10.8 Å². The molecule has 0 aliphatic heterocycles. The van der Waals surface area contributed by atoms with Gasteiger partial charge in [0.1, 0.15) is 0 Å². The average molecular weight is 257 g/mol. The van der Waals surface area contributed by atoms with E-state index in [9.17, 15) is 0 Å². The van der Waals surface area contributed by atoms with Gasteiger partial charge in [-0.15, -0.1) is 0 Å². The van der Waals surface area contributed by atoms with Crippen molar-refractivity contribution in [3.63, 3.8) is 0 Å². The minimum absolute atomic E-state index is 0.287. The highest BCUT2D eigenvalue weighted by atomic mass is 127. The van der Waals surface area contributed by atoms with Gasteiger partial charge in [0.25, 0.3) is 0 Å². The first-order valence-corrected chi connectivity index (χ1v) is 5.26. The molecule has 62 valence electrons. The maximum atomic E-state index is 8.62. The summed E-state index contributed by atoms with van der Waals surface area (Å²) in [6, 6.07) is 0. The predicted octanol–water partition coefficient (Wildman–Crippen LogP) is 1.13. The van der Waals surface area contributed by atoms with Crippen LogP contribution in [0.25, 0.3) is 0 Å². The molecule has 1 N–H and O–H groups in total. The summed E-state index contributed by atoms with van der Waals surface area (Å²) in [4.78, 5) is 2.26. The van der Waals surface area contributed by atoms with E-state index in [1.54, 1.807) is 0 Å². The minimum atomic E-state index is 0.287. The Morgan fingerprint density at radius 1 is 1.40 bits per heavy atom. The Morgan fingerprint density at radius 3 is 2.50 bits per heavy atom. The van der Waals surface area contributed by atoms with Gasteiger partial charge in [-0.05, 0) is 19.5 Å². The van der Waals surface area contributed by atoms with Crippen molar-refractivity contribution >= 4 is 22.6 Å². The first kappa shape index (κ1) is 10.7. The molecule has 0 rings (SSSR count). The molecule has 0 aliphatic carbocycles. The third-order valence-electron chi connectivity index (χ3n) is 1.47. The fourth-order valence-corrected chi connectivity index (χ4v) is 1.19. The number of nitrogens with zero attached hydrogens (tertiary/aromatic N) is 1. The smallest absolute Gasteiger partial charge is 0.0558 e. The highest BCUT2D eigenvalue weighted by molar-refractivity contribution is 14.1. The Balaban J connectivity index is 3.21. The number of likely N-dealkylation sites (N-methyl/N-ethyl adjacent to an activating group) is 1. The zero-order valence-electron chi connectivity index (χ0n) is 6.52. The Labute approximate surface area is 76.7 Å². The molecule has 0 fully saturated rings. The van der Waals surface area contributed by atoms with Crippen molar-refractivity contribution in [2.24, 2.45) is 0 Å². The van der Waals surface area contributed by atoms with Gasteiger partial charge in [0, 0.05) is 11.0 Å². The van der Waals surface area contributed by atoms with Gasteiger partial charge in [0.2, 0.25) is 0 Å². The Hall–Kier alpha value is 0.650. The van der Waals surface area contributed by atoms with Crippen LogP contribution in [0.15, 0.2) is 0 Å². The molecule has 0 spiro atoms. The Kier molecular flexibility index (Phi) is 8.26. The fraction of sp³-hybridized carbons (Fsp3) is 1.00. The molecule has 0 saturated heterocycles. The molecule has 2 nitrogen and oxygen atoms in total. The van der Waals surface area contributed by atoms with E-state index in [0.717, 1.165) is 19.6 Å². The largest absolute Gasteiger partial charge is 0.395 e. The molecule has 0 atom stereocenters. The first-order valence-electron chi connectivity index (χ1n) is 3.74. The monoisotopic (exact) mass is 257 g/mol. The van der Waals surface area contributed by atoms with Crippen LogP contribution in [0.5, 0.6) is 0 Å². The van der Waals surface area contributed by atoms with Gasteiger partial charge >= 0.3 is 0 Å². The van der Waals surface area contributed by atoms with Gasteiger partial charge in [0.05, 0.1) is 6.61 Å². The van der Waals surface area contributed by atoms with E-state index in [-0.39, 0.29) is 6.61 Å². The second kappa shape index (κ2) is 7.75. The summed E-state index contributed by atoms with van der Waals surface area (Å²) in [6.07, 6.45) is 1.23. The number of rotatable bonds is 6. The molecule has 3 heteroatoms. The average Bonchev–Trinajstić information content (AvgIpc) is 1.98. The molecular weight excluding hydrogens is 241 g/mol. The molecule has 0 unspecified atom stereocenters. The molecule has 10 heavy (non-hydrogen) atoms. The van der Waals surface area contributed by atoms with E-state index in [1.807, 2.05) is 0 Å². The molecule has 0 aromatic rings. The number of hydrogen-bond acceptors (Lipinski definition) is 2. The molecule has 0 radical (unpaired) electrons. The summed E-state index contributed by atoms with van der Waals surface area (Å²) < 4.78 is 1.21. The van der Waals surface area contributed by atoms with Crippen molar-refractivity contribution < 1.29 is 5.11 Å². The SMILES string of the molecule is CCN(CCO)CCCI. The van der Waals surface area contributed by atoms with Gasteiger partial charge in [-0.1, -0.05) is 29.5 Å². The topological polar surface area (TPSA) is 23.5 Å². The molecule has 0 saturated carbocycles. The van der Waals surface area contributed by atoms with Crippen LogP contribution in [0.3, 0.4) is 0 Å². The number of aliphatic hydroxyl groups is 1. The van der Waals surface area contributed by atoms with Crippen LogP contribution < -0.4 is 0 Å². The summed E-state index contributed by atoms with van der Waals surface area (Å²) >= 11 is 2.38. The summed E-state index contributed by atoms with van der Waals surface area (Å²) in [6.45, 7) is 5.42. The highest BCUT2D eigenvalue weighted by Gasteiger charge is 1.98. The van der Waals surface area contributed by atoms with Crippen molar-refractivity contribution in [1.82, 2.24) is 4.90 Å². The van der Waals surface area contributed by atoms with Crippen LogP contribution >= 0.6 is 22.6 Å². The van der Waals surface area contributed by atoms with Crippen LogP contribution in [0.1, 0.15) is 13.3 Å². The van der Waals surface area contributed by atoms with Gasteiger partial charge in [-0.2, -0.15) is 0 Å². The van der Waals surface area contributed by atoms with E-state index >= 15 is 0 Å². The number of alkyl halides is 1. The lowest BCUT2D eigenvalue weighted by Crippen LogP contribution is -2.27. The maximum absolute atomic E-state index is 8.62. The number of halogens is 1. The first-order chi connectivity index (χ1) is 4.85. The van der Waals surface area contributed by atoms with Crippen molar-refractivity contribution in [2.75, 3.05) is 30.7 Å². The fourth-order valence-electron chi connectivity index (χ4n) is 0.853. The van der Waals surface area contributed by atoms with Crippen molar-refractivity contribution in [3.8, 4) is 0 Å². The molecule has 0 aromatic heterocycles. The summed E-state index contributed by atoms with van der Waals surface area (Å²) in [5.74, 6) is 0. The summed E-state index contributed by atoms with van der Waals surface area (Å²) in [5, 5.41) is 8.62. The number of hydrogen-bond donors (Lipinski definition) is 1. The Morgan fingerprint density at radius 2 is 2.10 bits per heavy atom. The molecule has 0 bridgehead atoms. The van der Waals surface area contributed by atoms with Gasteiger partial charge in [-0.25, -0.2) is 0 Å². The zero-order chi connectivity index (χ0) is 7.82. The second-order valence-electron chi connectivity index (χ2n) is 2.20. The van der Waals surface area contributed by atoms with Crippen molar-refractivity contribution in [3.05, 3.63) is 0 Å². The summed E-state index contributed by atoms with van der Waals surface area (Å²) in [5.41, 5.74) is 0. The van der Waals surface area contributed by atoms with Gasteiger partial charge in [0.15, 0.2) is 0 Å². The number of aliphatic hydroxyl groups excluding tert-OH is 1. The van der Waals surface area contributed by atoms with E-state index in [4.69, 9.17) is 5.11 Å². The van der Waals surface area contributed by atoms with Crippen molar-refractivity contribution in [1.29, 1.82) is 0 Å². The van der Waals surface area contributed by atoms with Crippen LogP contribution in [0, 0.1) is 0 Å². The van der Waals surface area contributed by atoms with Gasteiger partial charge < -0.3 is 10.0 Å². The standard InChI is InChI=1S/C7H16INO/c1-2-9(6-7-10)5-3-4-8/h10H,2-7H2,1H3. The van der Waals surface area contributed by atoms with E-state index in [0.29, 0.717) is 0 Å². The van der Waals surface area contributed by atoms with E-state index < -0.39 is 0 Å².